The van der Waals surface area contributed by atoms with Crippen LogP contribution >= 0.6 is 0 Å². The fourth-order valence-corrected chi connectivity index (χ4v) is 2.45. The molecule has 4 nitrogen and oxygen atoms in total. The van der Waals surface area contributed by atoms with Crippen LogP contribution in [0.1, 0.15) is 34.1 Å². The topological polar surface area (TPSA) is 32.8 Å². The molecule has 100 valence electrons. The lowest BCUT2D eigenvalue weighted by atomic mass is 9.84. The minimum atomic E-state index is 0.0959. The van der Waals surface area contributed by atoms with E-state index in [9.17, 15) is 4.79 Å². The number of rotatable bonds is 2. The number of hydrogen-bond donors (Lipinski definition) is 0. The maximum Gasteiger partial charge on any atom is 0.249 e. The number of hydrogen-bond acceptors (Lipinski definition) is 3. The Morgan fingerprint density at radius 2 is 2.00 bits per heavy atom. The average Bonchev–Trinajstić information content (AvgIpc) is 2.25. The Morgan fingerprint density at radius 3 is 2.41 bits per heavy atom. The molecular weight excluding hydrogens is 216 g/mol. The van der Waals surface area contributed by atoms with Gasteiger partial charge in [-0.1, -0.05) is 6.92 Å². The SMILES string of the molecule is CON(C)C(=O)C1CCN(C(C)(C)C)CC1C. The first kappa shape index (κ1) is 14.5. The largest absolute Gasteiger partial charge is 0.298 e. The second kappa shape index (κ2) is 5.36. The zero-order valence-electron chi connectivity index (χ0n) is 12.0. The summed E-state index contributed by atoms with van der Waals surface area (Å²) in [5, 5.41) is 1.36. The lowest BCUT2D eigenvalue weighted by Crippen LogP contribution is -2.52. The molecule has 0 aromatic rings. The van der Waals surface area contributed by atoms with Gasteiger partial charge < -0.3 is 0 Å². The van der Waals surface area contributed by atoms with Crippen LogP contribution in [0.3, 0.4) is 0 Å². The van der Waals surface area contributed by atoms with Gasteiger partial charge in [0.15, 0.2) is 0 Å². The fourth-order valence-electron chi connectivity index (χ4n) is 2.45. The summed E-state index contributed by atoms with van der Waals surface area (Å²) in [7, 11) is 3.22. The molecule has 0 aromatic carbocycles. The summed E-state index contributed by atoms with van der Waals surface area (Å²) >= 11 is 0. The van der Waals surface area contributed by atoms with Gasteiger partial charge in [-0.3, -0.25) is 14.5 Å². The van der Waals surface area contributed by atoms with E-state index in [1.165, 1.54) is 12.2 Å². The van der Waals surface area contributed by atoms with Crippen molar-refractivity contribution in [2.45, 2.75) is 39.7 Å². The van der Waals surface area contributed by atoms with Crippen LogP contribution < -0.4 is 0 Å². The maximum atomic E-state index is 12.1. The molecule has 2 atom stereocenters. The van der Waals surface area contributed by atoms with Crippen LogP contribution in [-0.2, 0) is 9.63 Å². The third kappa shape index (κ3) is 3.42. The number of hydroxylamine groups is 2. The van der Waals surface area contributed by atoms with Gasteiger partial charge in [-0.25, -0.2) is 5.06 Å². The van der Waals surface area contributed by atoms with Crippen LogP contribution in [-0.4, -0.2) is 48.7 Å². The molecule has 1 saturated heterocycles. The molecule has 0 N–H and O–H groups in total. The molecule has 0 spiro atoms. The fraction of sp³-hybridized carbons (Fsp3) is 0.923. The number of carbonyl (C=O) groups excluding carboxylic acids is 1. The maximum absolute atomic E-state index is 12.1. The second-order valence-corrected chi connectivity index (χ2v) is 6.01. The number of piperidine rings is 1. The van der Waals surface area contributed by atoms with E-state index in [0.29, 0.717) is 5.92 Å². The highest BCUT2D eigenvalue weighted by Gasteiger charge is 2.36. The molecule has 1 aliphatic heterocycles. The van der Waals surface area contributed by atoms with Gasteiger partial charge in [0, 0.05) is 25.0 Å². The van der Waals surface area contributed by atoms with Crippen LogP contribution in [0.2, 0.25) is 0 Å². The zero-order chi connectivity index (χ0) is 13.2. The van der Waals surface area contributed by atoms with Gasteiger partial charge in [-0.05, 0) is 39.7 Å². The standard InChI is InChI=1S/C13H26N2O2/c1-10-9-15(13(2,3)4)8-7-11(10)12(16)14(5)17-6/h10-11H,7-9H2,1-6H3. The monoisotopic (exact) mass is 242 g/mol. The smallest absolute Gasteiger partial charge is 0.249 e. The number of likely N-dealkylation sites (tertiary alicyclic amines) is 1. The molecule has 1 aliphatic rings. The van der Waals surface area contributed by atoms with Crippen LogP contribution in [0.15, 0.2) is 0 Å². The van der Waals surface area contributed by atoms with E-state index in [0.717, 1.165) is 19.5 Å². The number of carbonyl (C=O) groups is 1. The lowest BCUT2D eigenvalue weighted by molar-refractivity contribution is -0.177. The first-order valence-corrected chi connectivity index (χ1v) is 6.34. The van der Waals surface area contributed by atoms with Crippen LogP contribution in [0, 0.1) is 11.8 Å². The van der Waals surface area contributed by atoms with E-state index in [4.69, 9.17) is 4.84 Å². The van der Waals surface area contributed by atoms with Gasteiger partial charge >= 0.3 is 0 Å². The minimum absolute atomic E-state index is 0.0959. The lowest BCUT2D eigenvalue weighted by Gasteiger charge is -2.44. The number of nitrogens with zero attached hydrogens (tertiary/aromatic N) is 2. The van der Waals surface area contributed by atoms with Crippen LogP contribution in [0.5, 0.6) is 0 Å². The van der Waals surface area contributed by atoms with Gasteiger partial charge in [0.1, 0.15) is 0 Å². The summed E-state index contributed by atoms with van der Waals surface area (Å²) in [6, 6.07) is 0. The molecule has 17 heavy (non-hydrogen) atoms. The Kier molecular flexibility index (Phi) is 4.55. The van der Waals surface area contributed by atoms with Crippen molar-refractivity contribution >= 4 is 5.91 Å². The van der Waals surface area contributed by atoms with Gasteiger partial charge in [0.05, 0.1) is 7.11 Å². The molecule has 1 fully saturated rings. The van der Waals surface area contributed by atoms with Gasteiger partial charge in [0.2, 0.25) is 5.91 Å². The summed E-state index contributed by atoms with van der Waals surface area (Å²) in [5.74, 6) is 0.584. The first-order valence-electron chi connectivity index (χ1n) is 6.34. The Morgan fingerprint density at radius 1 is 1.41 bits per heavy atom. The molecule has 1 amide bonds. The van der Waals surface area contributed by atoms with E-state index in [2.05, 4.69) is 32.6 Å². The van der Waals surface area contributed by atoms with Gasteiger partial charge in [-0.15, -0.1) is 0 Å². The Labute approximate surface area is 105 Å². The van der Waals surface area contributed by atoms with E-state index in [-0.39, 0.29) is 17.4 Å². The molecule has 1 heterocycles. The average molecular weight is 242 g/mol. The Bertz CT molecular complexity index is 273. The van der Waals surface area contributed by atoms with E-state index in [1.54, 1.807) is 7.05 Å². The summed E-state index contributed by atoms with van der Waals surface area (Å²) in [4.78, 5) is 19.5. The van der Waals surface area contributed by atoms with Crippen molar-refractivity contribution in [3.8, 4) is 0 Å². The van der Waals surface area contributed by atoms with Crippen molar-refractivity contribution in [1.82, 2.24) is 9.96 Å². The van der Waals surface area contributed by atoms with Crippen molar-refractivity contribution in [3.63, 3.8) is 0 Å². The summed E-state index contributed by atoms with van der Waals surface area (Å²) < 4.78 is 0. The molecule has 0 aliphatic carbocycles. The predicted octanol–water partition coefficient (Wildman–Crippen LogP) is 1.76. The van der Waals surface area contributed by atoms with E-state index >= 15 is 0 Å². The van der Waals surface area contributed by atoms with E-state index in [1.807, 2.05) is 0 Å². The predicted molar refractivity (Wildman–Crippen MR) is 68.4 cm³/mol. The second-order valence-electron chi connectivity index (χ2n) is 6.01. The van der Waals surface area contributed by atoms with Crippen LogP contribution in [0.25, 0.3) is 0 Å². The highest BCUT2D eigenvalue weighted by atomic mass is 16.7. The molecule has 0 bridgehead atoms. The minimum Gasteiger partial charge on any atom is -0.298 e. The van der Waals surface area contributed by atoms with Crippen molar-refractivity contribution in [1.29, 1.82) is 0 Å². The van der Waals surface area contributed by atoms with Crippen molar-refractivity contribution in [2.75, 3.05) is 27.2 Å². The summed E-state index contributed by atoms with van der Waals surface area (Å²) in [5.41, 5.74) is 0.190. The molecule has 4 heteroatoms. The highest BCUT2D eigenvalue weighted by molar-refractivity contribution is 5.78. The normalized spacial score (nSPS) is 26.9. The van der Waals surface area contributed by atoms with Crippen molar-refractivity contribution in [2.24, 2.45) is 11.8 Å². The highest BCUT2D eigenvalue weighted by Crippen LogP contribution is 2.29. The molecule has 0 aromatic heterocycles. The zero-order valence-corrected chi connectivity index (χ0v) is 12.0. The Hall–Kier alpha value is -0.610. The van der Waals surface area contributed by atoms with Gasteiger partial charge in [-0.2, -0.15) is 0 Å². The summed E-state index contributed by atoms with van der Waals surface area (Å²) in [6.45, 7) is 10.8. The molecule has 2 unspecified atom stereocenters. The van der Waals surface area contributed by atoms with Crippen molar-refractivity contribution < 1.29 is 9.63 Å². The summed E-state index contributed by atoms with van der Waals surface area (Å²) in [6.07, 6.45) is 0.922. The Balaban J connectivity index is 2.62. The van der Waals surface area contributed by atoms with Crippen molar-refractivity contribution in [3.05, 3.63) is 0 Å². The third-order valence-corrected chi connectivity index (χ3v) is 3.76. The molecule has 1 rings (SSSR count). The van der Waals surface area contributed by atoms with Gasteiger partial charge in [0.25, 0.3) is 0 Å². The quantitative estimate of drug-likeness (QED) is 0.692. The van der Waals surface area contributed by atoms with Crippen LogP contribution in [0.4, 0.5) is 0 Å². The third-order valence-electron chi connectivity index (χ3n) is 3.76. The number of amides is 1. The first-order chi connectivity index (χ1) is 7.77. The molecule has 0 saturated carbocycles. The van der Waals surface area contributed by atoms with E-state index < -0.39 is 0 Å². The molecular formula is C13H26N2O2. The molecule has 0 radical (unpaired) electrons.